The summed E-state index contributed by atoms with van der Waals surface area (Å²) < 4.78 is 36.7. The molecule has 0 atom stereocenters. The van der Waals surface area contributed by atoms with E-state index in [0.717, 1.165) is 48.2 Å². The van der Waals surface area contributed by atoms with E-state index in [-0.39, 0.29) is 5.88 Å². The van der Waals surface area contributed by atoms with Crippen LogP contribution in [0.25, 0.3) is 33.5 Å². The molecule has 0 saturated carbocycles. The van der Waals surface area contributed by atoms with Crippen molar-refractivity contribution in [3.05, 3.63) is 42.0 Å². The van der Waals surface area contributed by atoms with E-state index in [1.165, 1.54) is 7.11 Å². The molecule has 0 radical (unpaired) electrons. The lowest BCUT2D eigenvalue weighted by Crippen LogP contribution is -2.48. The Bertz CT molecular complexity index is 1550. The van der Waals surface area contributed by atoms with Crippen molar-refractivity contribution in [1.29, 1.82) is 0 Å². The number of aromatic nitrogens is 5. The summed E-state index contributed by atoms with van der Waals surface area (Å²) in [5, 5.41) is 19.3. The molecular weight excluding hydrogens is 508 g/mol. The van der Waals surface area contributed by atoms with Gasteiger partial charge in [-0.1, -0.05) is 0 Å². The molecule has 1 aromatic carbocycles. The first-order valence-corrected chi connectivity index (χ1v) is 14.1. The highest BCUT2D eigenvalue weighted by molar-refractivity contribution is 7.88. The number of primary sulfonamides is 1. The molecule has 5 rings (SSSR count). The van der Waals surface area contributed by atoms with E-state index in [1.54, 1.807) is 23.1 Å². The molecule has 0 amide bonds. The van der Waals surface area contributed by atoms with Gasteiger partial charge in [-0.3, -0.25) is 14.5 Å². The van der Waals surface area contributed by atoms with Gasteiger partial charge in [0.1, 0.15) is 0 Å². The average molecular weight is 541 g/mol. The first-order chi connectivity index (χ1) is 18.1. The molecule has 13 heteroatoms. The SMILES string of the molecule is COc1ncc(-c2cc(-c3nnc(CN4CCN(C(C)C)CC4)o3)c3cnn(C)c3c2)cc1CS(N)(=O)=O. The van der Waals surface area contributed by atoms with E-state index in [0.29, 0.717) is 35.5 Å². The van der Waals surface area contributed by atoms with Gasteiger partial charge in [0, 0.05) is 62.0 Å². The van der Waals surface area contributed by atoms with Crippen molar-refractivity contribution in [2.75, 3.05) is 33.3 Å². The van der Waals surface area contributed by atoms with Crippen LogP contribution in [0.1, 0.15) is 25.3 Å². The van der Waals surface area contributed by atoms with E-state index in [2.05, 4.69) is 43.9 Å². The maximum atomic E-state index is 11.8. The molecule has 2 N–H and O–H groups in total. The highest BCUT2D eigenvalue weighted by Crippen LogP contribution is 2.34. The van der Waals surface area contributed by atoms with Crippen molar-refractivity contribution >= 4 is 20.9 Å². The quantitative estimate of drug-likeness (QED) is 0.352. The standard InChI is InChI=1S/C25H32N8O4S/c1-16(2)33-7-5-32(6-8-33)14-23-29-30-25(37-23)20-10-17(11-22-21(20)13-28-31(22)3)18-9-19(15-38(26,34)35)24(36-4)27-12-18/h9-13,16H,5-8,14-15H2,1-4H3,(H2,26,34,35). The molecule has 0 unspecified atom stereocenters. The summed E-state index contributed by atoms with van der Waals surface area (Å²) in [6.45, 7) is 8.95. The summed E-state index contributed by atoms with van der Waals surface area (Å²) in [6, 6.07) is 6.14. The van der Waals surface area contributed by atoms with Crippen molar-refractivity contribution < 1.29 is 17.6 Å². The number of benzene rings is 1. The lowest BCUT2D eigenvalue weighted by Gasteiger charge is -2.36. The van der Waals surface area contributed by atoms with Crippen LogP contribution in [-0.2, 0) is 29.4 Å². The Morgan fingerprint density at radius 1 is 1.08 bits per heavy atom. The van der Waals surface area contributed by atoms with Gasteiger partial charge in [-0.25, -0.2) is 18.5 Å². The molecule has 1 saturated heterocycles. The maximum absolute atomic E-state index is 11.8. The third-order valence-electron chi connectivity index (χ3n) is 6.87. The smallest absolute Gasteiger partial charge is 0.248 e. The zero-order valence-corrected chi connectivity index (χ0v) is 22.8. The zero-order valence-electron chi connectivity index (χ0n) is 22.0. The van der Waals surface area contributed by atoms with E-state index < -0.39 is 15.8 Å². The molecule has 1 aliphatic heterocycles. The van der Waals surface area contributed by atoms with E-state index in [4.69, 9.17) is 14.3 Å². The summed E-state index contributed by atoms with van der Waals surface area (Å²) in [4.78, 5) is 9.09. The van der Waals surface area contributed by atoms with Crippen molar-refractivity contribution in [1.82, 2.24) is 34.8 Å². The third-order valence-corrected chi connectivity index (χ3v) is 7.58. The fourth-order valence-corrected chi connectivity index (χ4v) is 5.45. The molecule has 0 spiro atoms. The van der Waals surface area contributed by atoms with Crippen LogP contribution in [0.3, 0.4) is 0 Å². The predicted octanol–water partition coefficient (Wildman–Crippen LogP) is 2.01. The topological polar surface area (TPSA) is 146 Å². The number of rotatable bonds is 8. The molecule has 38 heavy (non-hydrogen) atoms. The molecule has 202 valence electrons. The van der Waals surface area contributed by atoms with Gasteiger partial charge >= 0.3 is 0 Å². The van der Waals surface area contributed by atoms with Crippen molar-refractivity contribution in [3.63, 3.8) is 0 Å². The Morgan fingerprint density at radius 2 is 1.84 bits per heavy atom. The van der Waals surface area contributed by atoms with Crippen LogP contribution >= 0.6 is 0 Å². The van der Waals surface area contributed by atoms with Crippen molar-refractivity contribution in [2.24, 2.45) is 12.2 Å². The molecule has 4 heterocycles. The number of fused-ring (bicyclic) bond motifs is 1. The van der Waals surface area contributed by atoms with Gasteiger partial charge in [0.05, 0.1) is 36.7 Å². The largest absolute Gasteiger partial charge is 0.481 e. The van der Waals surface area contributed by atoms with Gasteiger partial charge < -0.3 is 9.15 Å². The van der Waals surface area contributed by atoms with E-state index in [1.807, 2.05) is 19.2 Å². The lowest BCUT2D eigenvalue weighted by atomic mass is 10.0. The minimum absolute atomic E-state index is 0.209. The van der Waals surface area contributed by atoms with Crippen molar-refractivity contribution in [3.8, 4) is 28.5 Å². The number of sulfonamides is 1. The Hall–Kier alpha value is -3.39. The third kappa shape index (κ3) is 5.55. The summed E-state index contributed by atoms with van der Waals surface area (Å²) in [5.41, 5.74) is 3.43. The van der Waals surface area contributed by atoms with Crippen LogP contribution in [0.15, 0.2) is 35.0 Å². The Labute approximate surface area is 221 Å². The second-order valence-electron chi connectivity index (χ2n) is 9.83. The Morgan fingerprint density at radius 3 is 2.53 bits per heavy atom. The van der Waals surface area contributed by atoms with Crippen LogP contribution in [0.4, 0.5) is 0 Å². The summed E-state index contributed by atoms with van der Waals surface area (Å²) in [5.74, 6) is 0.769. The van der Waals surface area contributed by atoms with Gasteiger partial charge in [0.25, 0.3) is 0 Å². The van der Waals surface area contributed by atoms with Crippen LogP contribution in [0.2, 0.25) is 0 Å². The highest BCUT2D eigenvalue weighted by Gasteiger charge is 2.22. The molecule has 1 fully saturated rings. The van der Waals surface area contributed by atoms with E-state index in [9.17, 15) is 8.42 Å². The van der Waals surface area contributed by atoms with Gasteiger partial charge in [-0.2, -0.15) is 5.10 Å². The van der Waals surface area contributed by atoms with Gasteiger partial charge in [-0.15, -0.1) is 10.2 Å². The van der Waals surface area contributed by atoms with Crippen LogP contribution < -0.4 is 9.88 Å². The number of piperazine rings is 1. The lowest BCUT2D eigenvalue weighted by molar-refractivity contribution is 0.0979. The molecule has 0 aliphatic carbocycles. The first-order valence-electron chi connectivity index (χ1n) is 12.4. The molecule has 0 bridgehead atoms. The van der Waals surface area contributed by atoms with Gasteiger partial charge in [-0.05, 0) is 37.6 Å². The van der Waals surface area contributed by atoms with Gasteiger partial charge in [0.2, 0.25) is 27.7 Å². The minimum atomic E-state index is -3.78. The fraction of sp³-hybridized carbons (Fsp3) is 0.440. The number of nitrogens with two attached hydrogens (primary N) is 1. The number of hydrogen-bond donors (Lipinski definition) is 1. The van der Waals surface area contributed by atoms with Crippen LogP contribution in [-0.4, -0.2) is 82.5 Å². The maximum Gasteiger partial charge on any atom is 0.248 e. The zero-order chi connectivity index (χ0) is 27.0. The molecule has 12 nitrogen and oxygen atoms in total. The monoisotopic (exact) mass is 540 g/mol. The number of nitrogens with zero attached hydrogens (tertiary/aromatic N) is 7. The number of aryl methyl sites for hydroxylation is 1. The number of hydrogen-bond acceptors (Lipinski definition) is 10. The van der Waals surface area contributed by atoms with Gasteiger partial charge in [0.15, 0.2) is 0 Å². The second kappa shape index (κ2) is 10.4. The highest BCUT2D eigenvalue weighted by atomic mass is 32.2. The van der Waals surface area contributed by atoms with Crippen LogP contribution in [0, 0.1) is 0 Å². The second-order valence-corrected chi connectivity index (χ2v) is 11.4. The first kappa shape index (κ1) is 26.2. The Balaban J connectivity index is 1.48. The molecule has 4 aromatic rings. The molecule has 3 aromatic heterocycles. The summed E-state index contributed by atoms with van der Waals surface area (Å²) in [7, 11) is -0.495. The molecule has 1 aliphatic rings. The number of ether oxygens (including phenoxy) is 1. The Kier molecular flexibility index (Phi) is 7.18. The predicted molar refractivity (Wildman–Crippen MR) is 143 cm³/mol. The number of pyridine rings is 1. The summed E-state index contributed by atoms with van der Waals surface area (Å²) >= 11 is 0. The summed E-state index contributed by atoms with van der Waals surface area (Å²) in [6.07, 6.45) is 3.39. The number of methoxy groups -OCH3 is 1. The van der Waals surface area contributed by atoms with E-state index >= 15 is 0 Å². The minimum Gasteiger partial charge on any atom is -0.481 e. The normalized spacial score (nSPS) is 15.5. The fourth-order valence-electron chi connectivity index (χ4n) is 4.81. The molecular formula is C25H32N8O4S. The van der Waals surface area contributed by atoms with Crippen LogP contribution in [0.5, 0.6) is 5.88 Å². The van der Waals surface area contributed by atoms with Crippen molar-refractivity contribution in [2.45, 2.75) is 32.2 Å². The average Bonchev–Trinajstić information content (AvgIpc) is 3.49.